The quantitative estimate of drug-likeness (QED) is 0.735. The van der Waals surface area contributed by atoms with Crippen molar-refractivity contribution < 1.29 is 4.74 Å². The van der Waals surface area contributed by atoms with Gasteiger partial charge in [0, 0.05) is 6.04 Å². The van der Waals surface area contributed by atoms with Gasteiger partial charge in [0.05, 0.1) is 11.7 Å². The van der Waals surface area contributed by atoms with E-state index in [4.69, 9.17) is 4.74 Å². The summed E-state index contributed by atoms with van der Waals surface area (Å²) in [4.78, 5) is 0. The Morgan fingerprint density at radius 3 is 2.64 bits per heavy atom. The van der Waals surface area contributed by atoms with Crippen LogP contribution in [-0.2, 0) is 4.74 Å². The Bertz CT molecular complexity index is 164. The third kappa shape index (κ3) is 3.58. The van der Waals surface area contributed by atoms with E-state index in [0.29, 0.717) is 12.1 Å². The maximum atomic E-state index is 5.96. The van der Waals surface area contributed by atoms with E-state index < -0.39 is 0 Å². The fourth-order valence-corrected chi connectivity index (χ4v) is 2.22. The second kappa shape index (κ2) is 5.13. The first-order valence-corrected chi connectivity index (χ1v) is 5.92. The number of hydrogen-bond donors (Lipinski definition) is 1. The molecule has 0 saturated carbocycles. The molecule has 1 aliphatic heterocycles. The standard InChI is InChI=1S/C12H25NO/c1-5-10(13-4)6-7-11-8-9-12(2,3)14-11/h10-11,13H,5-9H2,1-4H3. The van der Waals surface area contributed by atoms with Gasteiger partial charge in [-0.25, -0.2) is 0 Å². The van der Waals surface area contributed by atoms with Crippen LogP contribution in [0, 0.1) is 0 Å². The Morgan fingerprint density at radius 2 is 2.21 bits per heavy atom. The zero-order chi connectivity index (χ0) is 10.6. The molecule has 84 valence electrons. The molecule has 0 aliphatic carbocycles. The molecule has 14 heavy (non-hydrogen) atoms. The molecule has 0 radical (unpaired) electrons. The van der Waals surface area contributed by atoms with Crippen molar-refractivity contribution in [2.75, 3.05) is 7.05 Å². The second-order valence-corrected chi connectivity index (χ2v) is 5.01. The van der Waals surface area contributed by atoms with Crippen LogP contribution < -0.4 is 5.32 Å². The Labute approximate surface area is 88.4 Å². The van der Waals surface area contributed by atoms with Crippen LogP contribution in [0.4, 0.5) is 0 Å². The molecule has 0 aromatic carbocycles. The average Bonchev–Trinajstić information content (AvgIpc) is 2.47. The molecule has 0 amide bonds. The summed E-state index contributed by atoms with van der Waals surface area (Å²) in [5.41, 5.74) is 0.131. The van der Waals surface area contributed by atoms with Crippen molar-refractivity contribution in [3.8, 4) is 0 Å². The molecular formula is C12H25NO. The number of nitrogens with one attached hydrogen (secondary N) is 1. The summed E-state index contributed by atoms with van der Waals surface area (Å²) in [6.07, 6.45) is 6.64. The summed E-state index contributed by atoms with van der Waals surface area (Å²) in [5.74, 6) is 0. The van der Waals surface area contributed by atoms with Gasteiger partial charge in [-0.2, -0.15) is 0 Å². The van der Waals surface area contributed by atoms with E-state index in [1.165, 1.54) is 32.1 Å². The molecule has 2 nitrogen and oxygen atoms in total. The predicted molar refractivity (Wildman–Crippen MR) is 60.6 cm³/mol. The van der Waals surface area contributed by atoms with E-state index in [2.05, 4.69) is 26.1 Å². The van der Waals surface area contributed by atoms with Crippen molar-refractivity contribution in [1.82, 2.24) is 5.32 Å². The monoisotopic (exact) mass is 199 g/mol. The molecule has 0 spiro atoms. The molecule has 0 aromatic rings. The molecule has 0 aromatic heterocycles. The van der Waals surface area contributed by atoms with E-state index in [1.807, 2.05) is 7.05 Å². The van der Waals surface area contributed by atoms with Gasteiger partial charge in [0.2, 0.25) is 0 Å². The molecule has 0 bridgehead atoms. The van der Waals surface area contributed by atoms with Gasteiger partial charge in [0.15, 0.2) is 0 Å². The minimum absolute atomic E-state index is 0.131. The molecule has 1 rings (SSSR count). The molecule has 1 saturated heterocycles. The van der Waals surface area contributed by atoms with Gasteiger partial charge in [-0.15, -0.1) is 0 Å². The average molecular weight is 199 g/mol. The van der Waals surface area contributed by atoms with Crippen LogP contribution in [0.15, 0.2) is 0 Å². The molecule has 1 heterocycles. The Hall–Kier alpha value is -0.0800. The lowest BCUT2D eigenvalue weighted by molar-refractivity contribution is -0.0198. The molecule has 1 aliphatic rings. The van der Waals surface area contributed by atoms with Crippen LogP contribution in [0.3, 0.4) is 0 Å². The molecule has 2 unspecified atom stereocenters. The Morgan fingerprint density at radius 1 is 1.50 bits per heavy atom. The van der Waals surface area contributed by atoms with Crippen molar-refractivity contribution in [3.63, 3.8) is 0 Å². The highest BCUT2D eigenvalue weighted by molar-refractivity contribution is 4.81. The van der Waals surface area contributed by atoms with Crippen molar-refractivity contribution in [1.29, 1.82) is 0 Å². The zero-order valence-electron chi connectivity index (χ0n) is 10.1. The normalized spacial score (nSPS) is 27.9. The van der Waals surface area contributed by atoms with E-state index in [-0.39, 0.29) is 5.60 Å². The Kier molecular flexibility index (Phi) is 4.39. The zero-order valence-corrected chi connectivity index (χ0v) is 10.1. The van der Waals surface area contributed by atoms with Gasteiger partial charge in [-0.05, 0) is 53.0 Å². The van der Waals surface area contributed by atoms with Gasteiger partial charge < -0.3 is 10.1 Å². The molecule has 1 fully saturated rings. The van der Waals surface area contributed by atoms with Crippen molar-refractivity contribution in [3.05, 3.63) is 0 Å². The van der Waals surface area contributed by atoms with Gasteiger partial charge in [-0.1, -0.05) is 6.92 Å². The highest BCUT2D eigenvalue weighted by Crippen LogP contribution is 2.31. The van der Waals surface area contributed by atoms with Crippen molar-refractivity contribution >= 4 is 0 Å². The first-order chi connectivity index (χ1) is 6.57. The first-order valence-electron chi connectivity index (χ1n) is 5.92. The van der Waals surface area contributed by atoms with Gasteiger partial charge in [-0.3, -0.25) is 0 Å². The van der Waals surface area contributed by atoms with Gasteiger partial charge >= 0.3 is 0 Å². The lowest BCUT2D eigenvalue weighted by atomic mass is 10.0. The highest BCUT2D eigenvalue weighted by atomic mass is 16.5. The molecule has 2 atom stereocenters. The first kappa shape index (κ1) is 12.0. The molecule has 2 heteroatoms. The minimum atomic E-state index is 0.131. The number of hydrogen-bond acceptors (Lipinski definition) is 2. The topological polar surface area (TPSA) is 21.3 Å². The van der Waals surface area contributed by atoms with E-state index in [9.17, 15) is 0 Å². The maximum absolute atomic E-state index is 5.96. The van der Waals surface area contributed by atoms with Crippen LogP contribution >= 0.6 is 0 Å². The third-order valence-corrected chi connectivity index (χ3v) is 3.29. The summed E-state index contributed by atoms with van der Waals surface area (Å²) < 4.78 is 5.96. The summed E-state index contributed by atoms with van der Waals surface area (Å²) in [6.45, 7) is 6.63. The highest BCUT2D eigenvalue weighted by Gasteiger charge is 2.31. The predicted octanol–water partition coefficient (Wildman–Crippen LogP) is 2.72. The van der Waals surface area contributed by atoms with Crippen molar-refractivity contribution in [2.45, 2.75) is 70.6 Å². The number of rotatable bonds is 5. The van der Waals surface area contributed by atoms with Crippen LogP contribution in [0.2, 0.25) is 0 Å². The minimum Gasteiger partial charge on any atom is -0.372 e. The fourth-order valence-electron chi connectivity index (χ4n) is 2.22. The lowest BCUT2D eigenvalue weighted by Gasteiger charge is -2.21. The van der Waals surface area contributed by atoms with Gasteiger partial charge in [0.25, 0.3) is 0 Å². The van der Waals surface area contributed by atoms with E-state index in [1.54, 1.807) is 0 Å². The summed E-state index contributed by atoms with van der Waals surface area (Å²) in [5, 5.41) is 3.34. The van der Waals surface area contributed by atoms with Crippen LogP contribution in [-0.4, -0.2) is 24.8 Å². The second-order valence-electron chi connectivity index (χ2n) is 5.01. The van der Waals surface area contributed by atoms with E-state index >= 15 is 0 Å². The SMILES string of the molecule is CCC(CCC1CCC(C)(C)O1)NC. The molecule has 1 N–H and O–H groups in total. The largest absolute Gasteiger partial charge is 0.372 e. The lowest BCUT2D eigenvalue weighted by Crippen LogP contribution is -2.26. The summed E-state index contributed by atoms with van der Waals surface area (Å²) in [7, 11) is 2.05. The Balaban J connectivity index is 2.20. The van der Waals surface area contributed by atoms with Crippen molar-refractivity contribution in [2.24, 2.45) is 0 Å². The summed E-state index contributed by atoms with van der Waals surface area (Å²) in [6, 6.07) is 0.669. The third-order valence-electron chi connectivity index (χ3n) is 3.29. The summed E-state index contributed by atoms with van der Waals surface area (Å²) >= 11 is 0. The van der Waals surface area contributed by atoms with Crippen LogP contribution in [0.5, 0.6) is 0 Å². The smallest absolute Gasteiger partial charge is 0.0631 e. The number of ether oxygens (including phenoxy) is 1. The molecular weight excluding hydrogens is 174 g/mol. The van der Waals surface area contributed by atoms with Crippen LogP contribution in [0.1, 0.15) is 52.9 Å². The van der Waals surface area contributed by atoms with E-state index in [0.717, 1.165) is 0 Å². The fraction of sp³-hybridized carbons (Fsp3) is 1.00. The van der Waals surface area contributed by atoms with Gasteiger partial charge in [0.1, 0.15) is 0 Å². The maximum Gasteiger partial charge on any atom is 0.0631 e. The van der Waals surface area contributed by atoms with Crippen LogP contribution in [0.25, 0.3) is 0 Å².